The average molecular weight is 708 g/mol. The smallest absolute Gasteiger partial charge is 0.319 e. The number of furan rings is 1. The van der Waals surface area contributed by atoms with Gasteiger partial charge in [-0.25, -0.2) is 13.2 Å². The van der Waals surface area contributed by atoms with Gasteiger partial charge in [-0.05, 0) is 87.6 Å². The lowest BCUT2D eigenvalue weighted by Crippen LogP contribution is -2.54. The third-order valence-electron chi connectivity index (χ3n) is 12.4. The van der Waals surface area contributed by atoms with E-state index in [1.54, 1.807) is 6.92 Å². The molecule has 5 aromatic rings. The predicted octanol–water partition coefficient (Wildman–Crippen LogP) is 7.49. The van der Waals surface area contributed by atoms with Crippen molar-refractivity contribution in [3.05, 3.63) is 53.3 Å². The van der Waals surface area contributed by atoms with Crippen LogP contribution in [0.25, 0.3) is 43.8 Å². The van der Waals surface area contributed by atoms with Gasteiger partial charge in [-0.3, -0.25) is 9.80 Å². The van der Waals surface area contributed by atoms with Crippen molar-refractivity contribution in [2.24, 2.45) is 5.92 Å². The molecule has 1 saturated carbocycles. The highest BCUT2D eigenvalue weighted by Gasteiger charge is 2.50. The zero-order valence-electron chi connectivity index (χ0n) is 29.1. The van der Waals surface area contributed by atoms with Crippen molar-refractivity contribution in [2.45, 2.75) is 75.7 Å². The van der Waals surface area contributed by atoms with Gasteiger partial charge in [0, 0.05) is 61.0 Å². The number of benzene rings is 3. The Morgan fingerprint density at radius 2 is 1.87 bits per heavy atom. The number of alkyl halides is 1. The number of fused-ring (bicyclic) bond motifs is 7. The highest BCUT2D eigenvalue weighted by molar-refractivity contribution is 6.18. The Morgan fingerprint density at radius 3 is 2.63 bits per heavy atom. The number of aromatic nitrogens is 2. The molecule has 4 aliphatic heterocycles. The molecule has 6 heterocycles. The van der Waals surface area contributed by atoms with Crippen LogP contribution in [-0.4, -0.2) is 88.0 Å². The van der Waals surface area contributed by atoms with Gasteiger partial charge in [0.15, 0.2) is 5.82 Å². The molecular formula is C41H40F3N5O3. The topological polar surface area (TPSA) is 78.1 Å². The molecule has 5 fully saturated rings. The summed E-state index contributed by atoms with van der Waals surface area (Å²) in [5.41, 5.74) is -0.0240. The highest BCUT2D eigenvalue weighted by atomic mass is 19.1. The number of terminal acetylenes is 1. The van der Waals surface area contributed by atoms with Crippen LogP contribution >= 0.6 is 0 Å². The Labute approximate surface area is 299 Å². The number of aromatic hydroxyl groups is 1. The quantitative estimate of drug-likeness (QED) is 0.175. The van der Waals surface area contributed by atoms with Crippen molar-refractivity contribution < 1.29 is 27.4 Å². The van der Waals surface area contributed by atoms with E-state index in [0.717, 1.165) is 57.8 Å². The Bertz CT molecular complexity index is 2320. The minimum Gasteiger partial charge on any atom is -0.508 e. The highest BCUT2D eigenvalue weighted by Crippen LogP contribution is 2.48. The minimum atomic E-state index is -0.924. The lowest BCUT2D eigenvalue weighted by atomic mass is 9.91. The molecule has 0 unspecified atom stereocenters. The Balaban J connectivity index is 1.18. The first-order valence-corrected chi connectivity index (χ1v) is 18.6. The molecule has 268 valence electrons. The van der Waals surface area contributed by atoms with Crippen LogP contribution < -0.4 is 9.64 Å². The van der Waals surface area contributed by atoms with Gasteiger partial charge < -0.3 is 19.2 Å². The van der Waals surface area contributed by atoms with E-state index in [1.807, 2.05) is 6.07 Å². The van der Waals surface area contributed by atoms with Crippen molar-refractivity contribution in [3.8, 4) is 35.2 Å². The second kappa shape index (κ2) is 11.7. The summed E-state index contributed by atoms with van der Waals surface area (Å²) >= 11 is 0. The number of halogens is 3. The number of anilines is 1. The van der Waals surface area contributed by atoms with Crippen molar-refractivity contribution in [3.63, 3.8) is 0 Å². The summed E-state index contributed by atoms with van der Waals surface area (Å²) in [6.45, 7) is 5.78. The second-order valence-electron chi connectivity index (χ2n) is 15.8. The number of piperazine rings is 1. The van der Waals surface area contributed by atoms with Gasteiger partial charge in [0.25, 0.3) is 0 Å². The number of hydrogen-bond acceptors (Lipinski definition) is 8. The van der Waals surface area contributed by atoms with Gasteiger partial charge in [-0.1, -0.05) is 12.0 Å². The van der Waals surface area contributed by atoms with Gasteiger partial charge in [0.1, 0.15) is 47.0 Å². The maximum Gasteiger partial charge on any atom is 0.319 e. The molecule has 8 nitrogen and oxygen atoms in total. The van der Waals surface area contributed by atoms with Crippen molar-refractivity contribution in [2.75, 3.05) is 44.2 Å². The van der Waals surface area contributed by atoms with Crippen LogP contribution in [0.2, 0.25) is 0 Å². The largest absolute Gasteiger partial charge is 0.508 e. The summed E-state index contributed by atoms with van der Waals surface area (Å²) in [6.07, 6.45) is 11.8. The summed E-state index contributed by atoms with van der Waals surface area (Å²) in [5, 5.41) is 12.7. The number of hydrogen-bond donors (Lipinski definition) is 1. The molecule has 4 atom stereocenters. The van der Waals surface area contributed by atoms with E-state index < -0.39 is 23.3 Å². The van der Waals surface area contributed by atoms with Crippen LogP contribution in [0.15, 0.2) is 34.7 Å². The monoisotopic (exact) mass is 707 g/mol. The second-order valence-corrected chi connectivity index (χ2v) is 15.8. The summed E-state index contributed by atoms with van der Waals surface area (Å²) in [7, 11) is 0. The Hall–Kier alpha value is -4.53. The molecule has 2 bridgehead atoms. The molecule has 5 aliphatic rings. The molecule has 52 heavy (non-hydrogen) atoms. The van der Waals surface area contributed by atoms with E-state index in [4.69, 9.17) is 25.5 Å². The van der Waals surface area contributed by atoms with Crippen molar-refractivity contribution in [1.29, 1.82) is 0 Å². The maximum absolute atomic E-state index is 17.7. The number of aryl methyl sites for hydroxylation is 1. The average Bonchev–Trinajstić information content (AvgIpc) is 3.52. The lowest BCUT2D eigenvalue weighted by Gasteiger charge is -2.42. The number of rotatable bonds is 7. The van der Waals surface area contributed by atoms with Crippen molar-refractivity contribution >= 4 is 38.5 Å². The van der Waals surface area contributed by atoms with E-state index >= 15 is 8.78 Å². The summed E-state index contributed by atoms with van der Waals surface area (Å²) in [4.78, 5) is 16.9. The Morgan fingerprint density at radius 1 is 1.06 bits per heavy atom. The standard InChI is InChI=1S/C41H40F3N5O3/c1-3-29-32(43)10-7-24-14-28(50)15-30(33(24)29)34-36(44)37-35(31-13-22(2)52-38(31)34)39(47-19-26-8-9-27(20-47)49(26)17-23-5-6-23)46-40(45-37)51-21-41-11-4-12-48(41)18-25(42)16-41/h1,7,10,13-15,23,25-27,50H,4-6,8-9,11-12,16-21H2,2H3/t25-,26-,27+,41+/m1/s1. The summed E-state index contributed by atoms with van der Waals surface area (Å²) < 4.78 is 60.3. The molecule has 3 aromatic carbocycles. The van der Waals surface area contributed by atoms with Crippen LogP contribution in [0.1, 0.15) is 56.3 Å². The fourth-order valence-electron chi connectivity index (χ4n) is 9.94. The molecule has 1 aliphatic carbocycles. The van der Waals surface area contributed by atoms with Crippen LogP contribution in [0.5, 0.6) is 11.8 Å². The van der Waals surface area contributed by atoms with E-state index in [9.17, 15) is 9.50 Å². The molecule has 4 saturated heterocycles. The molecule has 0 amide bonds. The van der Waals surface area contributed by atoms with Crippen LogP contribution in [0.3, 0.4) is 0 Å². The van der Waals surface area contributed by atoms with Crippen molar-refractivity contribution in [1.82, 2.24) is 19.8 Å². The molecule has 1 N–H and O–H groups in total. The molecule has 0 radical (unpaired) electrons. The third-order valence-corrected chi connectivity index (χ3v) is 12.4. The molecular weight excluding hydrogens is 667 g/mol. The van der Waals surface area contributed by atoms with Gasteiger partial charge in [-0.2, -0.15) is 9.97 Å². The number of phenols is 1. The van der Waals surface area contributed by atoms with Crippen LogP contribution in [-0.2, 0) is 0 Å². The van der Waals surface area contributed by atoms with Gasteiger partial charge in [0.2, 0.25) is 0 Å². The van der Waals surface area contributed by atoms with E-state index in [-0.39, 0.29) is 51.5 Å². The SMILES string of the molecule is C#Cc1c(F)ccc2cc(O)cc(-c3c(F)c4nc(OC[C@@]56CCCN5C[C@H](F)C6)nc(N5C[C@H]6CC[C@@H](C5)N6CC5CC5)c4c4cc(C)oc34)c12. The first-order chi connectivity index (χ1) is 25.2. The summed E-state index contributed by atoms with van der Waals surface area (Å²) in [5.74, 6) is 2.85. The molecule has 10 rings (SSSR count). The van der Waals surface area contributed by atoms with Crippen LogP contribution in [0.4, 0.5) is 19.0 Å². The number of ether oxygens (including phenoxy) is 1. The van der Waals surface area contributed by atoms with E-state index in [0.29, 0.717) is 52.8 Å². The zero-order chi connectivity index (χ0) is 35.5. The van der Waals surface area contributed by atoms with E-state index in [1.165, 1.54) is 37.1 Å². The normalized spacial score (nSPS) is 26.2. The predicted molar refractivity (Wildman–Crippen MR) is 194 cm³/mol. The first-order valence-electron chi connectivity index (χ1n) is 18.6. The Kier molecular flexibility index (Phi) is 7.26. The number of phenolic OH excluding ortho intramolecular Hbond substituents is 1. The van der Waals surface area contributed by atoms with Gasteiger partial charge >= 0.3 is 6.01 Å². The minimum absolute atomic E-state index is 0.0140. The van der Waals surface area contributed by atoms with Gasteiger partial charge in [-0.15, -0.1) is 6.42 Å². The molecule has 11 heteroatoms. The first kappa shape index (κ1) is 32.1. The fraction of sp³-hybridized carbons (Fsp3) is 0.463. The van der Waals surface area contributed by atoms with E-state index in [2.05, 4.69) is 20.6 Å². The summed E-state index contributed by atoms with van der Waals surface area (Å²) in [6, 6.07) is 8.23. The fourth-order valence-corrected chi connectivity index (χ4v) is 9.94. The zero-order valence-corrected chi connectivity index (χ0v) is 29.1. The third kappa shape index (κ3) is 4.97. The van der Waals surface area contributed by atoms with Crippen LogP contribution in [0, 0.1) is 36.8 Å². The maximum atomic E-state index is 17.7. The number of nitrogens with zero attached hydrogens (tertiary/aromatic N) is 5. The van der Waals surface area contributed by atoms with Gasteiger partial charge in [0.05, 0.1) is 22.1 Å². The molecule has 0 spiro atoms. The molecule has 2 aromatic heterocycles. The lowest BCUT2D eigenvalue weighted by molar-refractivity contribution is 0.107.